The van der Waals surface area contributed by atoms with Gasteiger partial charge in [0.05, 0.1) is 13.0 Å². The van der Waals surface area contributed by atoms with E-state index in [-0.39, 0.29) is 16.6 Å². The van der Waals surface area contributed by atoms with Crippen molar-refractivity contribution in [2.45, 2.75) is 38.8 Å². The molecule has 188 valence electrons. The number of benzene rings is 2. The van der Waals surface area contributed by atoms with E-state index in [9.17, 15) is 24.0 Å². The Morgan fingerprint density at radius 3 is 2.00 bits per heavy atom. The monoisotopic (exact) mass is 519 g/mol. The van der Waals surface area contributed by atoms with Gasteiger partial charge in [0.15, 0.2) is 5.12 Å². The average Bonchev–Trinajstić information content (AvgIpc) is 2.81. The van der Waals surface area contributed by atoms with Gasteiger partial charge in [-0.1, -0.05) is 54.7 Å². The molecule has 0 aromatic heterocycles. The van der Waals surface area contributed by atoms with Crippen molar-refractivity contribution in [3.8, 4) is 5.75 Å². The zero-order chi connectivity index (χ0) is 26.1. The van der Waals surface area contributed by atoms with E-state index in [1.54, 1.807) is 14.0 Å². The van der Waals surface area contributed by atoms with Crippen molar-refractivity contribution in [3.63, 3.8) is 0 Å². The molecule has 35 heavy (non-hydrogen) atoms. The number of rotatable bonds is 11. The minimum atomic E-state index is -1.03. The number of thioether (sulfide) groups is 2. The second-order valence-corrected chi connectivity index (χ2v) is 9.91. The lowest BCUT2D eigenvalue weighted by atomic mass is 9.99. The van der Waals surface area contributed by atoms with Crippen molar-refractivity contribution in [3.05, 3.63) is 42.0 Å². The van der Waals surface area contributed by atoms with Crippen molar-refractivity contribution in [2.75, 3.05) is 18.6 Å². The third-order valence-electron chi connectivity index (χ3n) is 5.09. The van der Waals surface area contributed by atoms with Gasteiger partial charge in [0.2, 0.25) is 22.8 Å². The first-order valence-electron chi connectivity index (χ1n) is 10.8. The van der Waals surface area contributed by atoms with Crippen molar-refractivity contribution >= 4 is 62.2 Å². The highest BCUT2D eigenvalue weighted by Crippen LogP contribution is 2.28. The Hall–Kier alpha value is -3.05. The van der Waals surface area contributed by atoms with Crippen molar-refractivity contribution in [2.24, 2.45) is 5.73 Å². The number of hydrogen-bond acceptors (Lipinski definition) is 8. The molecule has 3 atom stereocenters. The van der Waals surface area contributed by atoms with Crippen LogP contribution in [0, 0.1) is 0 Å². The first-order valence-corrected chi connectivity index (χ1v) is 12.7. The Kier molecular flexibility index (Phi) is 10.6. The maximum Gasteiger partial charge on any atom is 0.240 e. The van der Waals surface area contributed by atoms with E-state index in [1.165, 1.54) is 13.8 Å². The second kappa shape index (κ2) is 13.1. The number of hydrogen-bond donors (Lipinski definition) is 3. The maximum absolute atomic E-state index is 12.9. The Labute approximate surface area is 212 Å². The molecule has 0 heterocycles. The summed E-state index contributed by atoms with van der Waals surface area (Å²) in [4.78, 5) is 59.9. The van der Waals surface area contributed by atoms with E-state index in [4.69, 9.17) is 10.5 Å². The molecule has 0 bridgehead atoms. The minimum absolute atomic E-state index is 0.0285. The lowest BCUT2D eigenvalue weighted by Crippen LogP contribution is -2.46. The van der Waals surface area contributed by atoms with E-state index in [1.807, 2.05) is 36.4 Å². The highest BCUT2D eigenvalue weighted by atomic mass is 32.2. The van der Waals surface area contributed by atoms with Crippen molar-refractivity contribution in [1.82, 2.24) is 10.6 Å². The van der Waals surface area contributed by atoms with Crippen LogP contribution in [0.15, 0.2) is 36.4 Å². The molecule has 0 spiro atoms. The number of ether oxygens (including phenoxy) is 1. The molecule has 2 aromatic rings. The molecule has 3 amide bonds. The summed E-state index contributed by atoms with van der Waals surface area (Å²) in [6, 6.07) is 9.45. The molecule has 0 aliphatic carbocycles. The van der Waals surface area contributed by atoms with Crippen LogP contribution in [0.4, 0.5) is 0 Å². The predicted molar refractivity (Wildman–Crippen MR) is 138 cm³/mol. The fourth-order valence-corrected chi connectivity index (χ4v) is 5.16. The number of methoxy groups -OCH3 is 1. The SMILES string of the molecule is COc1ccc2cc(C(C)C(=O)SCC(NC(C)=O)C(=O)SCC(NC(C)=O)C(N)=O)ccc2c1. The van der Waals surface area contributed by atoms with Gasteiger partial charge in [-0.25, -0.2) is 0 Å². The fourth-order valence-electron chi connectivity index (χ4n) is 3.19. The van der Waals surface area contributed by atoms with Crippen LogP contribution in [0.5, 0.6) is 5.75 Å². The van der Waals surface area contributed by atoms with Gasteiger partial charge in [-0.05, 0) is 28.5 Å². The van der Waals surface area contributed by atoms with Crippen LogP contribution in [-0.4, -0.2) is 58.7 Å². The van der Waals surface area contributed by atoms with Gasteiger partial charge in [0.25, 0.3) is 0 Å². The molecule has 2 aromatic carbocycles. The molecule has 9 nitrogen and oxygen atoms in total. The Bertz CT molecular complexity index is 1120. The van der Waals surface area contributed by atoms with E-state index in [0.29, 0.717) is 0 Å². The van der Waals surface area contributed by atoms with E-state index in [0.717, 1.165) is 45.6 Å². The van der Waals surface area contributed by atoms with Gasteiger partial charge in [0, 0.05) is 25.4 Å². The third-order valence-corrected chi connectivity index (χ3v) is 7.30. The van der Waals surface area contributed by atoms with Crippen LogP contribution in [0.25, 0.3) is 10.8 Å². The van der Waals surface area contributed by atoms with Crippen LogP contribution in [0.2, 0.25) is 0 Å². The second-order valence-electron chi connectivity index (χ2n) is 7.86. The molecule has 3 unspecified atom stereocenters. The highest BCUT2D eigenvalue weighted by molar-refractivity contribution is 8.15. The standard InChI is InChI=1S/C24H29N3O6S2/c1-13(16-5-6-18-10-19(33-4)8-7-17(18)9-16)23(31)34-12-21(27-15(3)29)24(32)35-11-20(22(25)30)26-14(2)28/h5-10,13,20-21H,11-12H2,1-4H3,(H2,25,30)(H,26,28)(H,27,29). The van der Waals surface area contributed by atoms with Crippen molar-refractivity contribution < 1.29 is 28.7 Å². The Morgan fingerprint density at radius 1 is 0.857 bits per heavy atom. The van der Waals surface area contributed by atoms with Crippen molar-refractivity contribution in [1.29, 1.82) is 0 Å². The number of nitrogens with two attached hydrogens (primary N) is 1. The summed E-state index contributed by atoms with van der Waals surface area (Å²) in [7, 11) is 1.60. The smallest absolute Gasteiger partial charge is 0.240 e. The maximum atomic E-state index is 12.9. The Balaban J connectivity index is 2.03. The molecule has 0 radical (unpaired) electrons. The Morgan fingerprint density at radius 2 is 1.40 bits per heavy atom. The van der Waals surface area contributed by atoms with Gasteiger partial charge >= 0.3 is 0 Å². The first kappa shape index (κ1) is 28.2. The van der Waals surface area contributed by atoms with Gasteiger partial charge in [-0.15, -0.1) is 0 Å². The van der Waals surface area contributed by atoms with E-state index < -0.39 is 40.8 Å². The summed E-state index contributed by atoms with van der Waals surface area (Å²) in [6.45, 7) is 4.29. The highest BCUT2D eigenvalue weighted by Gasteiger charge is 2.26. The van der Waals surface area contributed by atoms with Crippen LogP contribution < -0.4 is 21.1 Å². The quantitative estimate of drug-likeness (QED) is 0.409. The lowest BCUT2D eigenvalue weighted by Gasteiger charge is -2.19. The first-order chi connectivity index (χ1) is 16.5. The number of carbonyl (C=O) groups is 5. The third kappa shape index (κ3) is 8.59. The van der Waals surface area contributed by atoms with Crippen LogP contribution in [0.3, 0.4) is 0 Å². The van der Waals surface area contributed by atoms with Gasteiger partial charge in [-0.2, -0.15) is 0 Å². The summed E-state index contributed by atoms with van der Waals surface area (Å²) in [5.41, 5.74) is 6.09. The van der Waals surface area contributed by atoms with Gasteiger partial charge < -0.3 is 21.1 Å². The van der Waals surface area contributed by atoms with Crippen LogP contribution >= 0.6 is 23.5 Å². The number of fused-ring (bicyclic) bond motifs is 1. The van der Waals surface area contributed by atoms with Crippen LogP contribution in [-0.2, 0) is 24.0 Å². The molecule has 11 heteroatoms. The topological polar surface area (TPSA) is 145 Å². The summed E-state index contributed by atoms with van der Waals surface area (Å²) >= 11 is 1.71. The molecule has 0 aliphatic rings. The van der Waals surface area contributed by atoms with Crippen LogP contribution in [0.1, 0.15) is 32.3 Å². The fraction of sp³-hybridized carbons (Fsp3) is 0.375. The largest absolute Gasteiger partial charge is 0.497 e. The van der Waals surface area contributed by atoms with Gasteiger partial charge in [0.1, 0.15) is 17.8 Å². The molecule has 0 saturated heterocycles. The number of primary amides is 1. The zero-order valence-electron chi connectivity index (χ0n) is 20.0. The van der Waals surface area contributed by atoms with E-state index in [2.05, 4.69) is 10.6 Å². The lowest BCUT2D eigenvalue weighted by molar-refractivity contribution is -0.125. The predicted octanol–water partition coefficient (Wildman–Crippen LogP) is 1.97. The molecule has 0 aliphatic heterocycles. The zero-order valence-corrected chi connectivity index (χ0v) is 21.6. The summed E-state index contributed by atoms with van der Waals surface area (Å²) < 4.78 is 5.24. The number of nitrogens with one attached hydrogen (secondary N) is 2. The molecule has 0 saturated carbocycles. The normalized spacial score (nSPS) is 13.4. The minimum Gasteiger partial charge on any atom is -0.497 e. The molecule has 4 N–H and O–H groups in total. The van der Waals surface area contributed by atoms with Gasteiger partial charge in [-0.3, -0.25) is 24.0 Å². The molecular formula is C24H29N3O6S2. The molecule has 0 fully saturated rings. The number of carbonyl (C=O) groups excluding carboxylic acids is 5. The summed E-state index contributed by atoms with van der Waals surface area (Å²) in [5.74, 6) is -1.40. The summed E-state index contributed by atoms with van der Waals surface area (Å²) in [6.07, 6.45) is 0. The molecule has 2 rings (SSSR count). The van der Waals surface area contributed by atoms with E-state index >= 15 is 0 Å². The molecular weight excluding hydrogens is 490 g/mol. The number of amides is 3. The average molecular weight is 520 g/mol. The summed E-state index contributed by atoms with van der Waals surface area (Å²) in [5, 5.41) is 6.29.